The molecule has 12 nitrogen and oxygen atoms in total. The van der Waals surface area contributed by atoms with Crippen molar-refractivity contribution in [2.75, 3.05) is 13.2 Å². The highest BCUT2D eigenvalue weighted by Gasteiger charge is 2.62. The van der Waals surface area contributed by atoms with Crippen LogP contribution in [0.5, 0.6) is 0 Å². The Balaban J connectivity index is 1.90. The summed E-state index contributed by atoms with van der Waals surface area (Å²) in [7, 11) is -3.89. The molecule has 3 aliphatic rings. The lowest BCUT2D eigenvalue weighted by Gasteiger charge is -2.48. The summed E-state index contributed by atoms with van der Waals surface area (Å²) in [6, 6.07) is 0. The molecule has 3 heterocycles. The summed E-state index contributed by atoms with van der Waals surface area (Å²) in [5.74, 6) is -2.00. The van der Waals surface area contributed by atoms with Crippen molar-refractivity contribution in [2.24, 2.45) is 5.41 Å². The molecule has 9 atom stereocenters. The average molecular weight is 677 g/mol. The molecule has 3 rings (SSSR count). The van der Waals surface area contributed by atoms with Crippen LogP contribution in [0, 0.1) is 5.41 Å². The van der Waals surface area contributed by atoms with Crippen LogP contribution in [0.2, 0.25) is 11.1 Å². The molecular weight excluding hydrogens is 623 g/mol. The summed E-state index contributed by atoms with van der Waals surface area (Å²) in [4.78, 5) is 48.1. The molecule has 0 unspecified atom stereocenters. The Labute approximate surface area is 272 Å². The summed E-state index contributed by atoms with van der Waals surface area (Å²) in [5.41, 5.74) is -1.42. The molecule has 0 aromatic carbocycles. The van der Waals surface area contributed by atoms with Crippen molar-refractivity contribution in [1.29, 1.82) is 0 Å². The van der Waals surface area contributed by atoms with E-state index in [-0.39, 0.29) is 31.7 Å². The molecule has 0 spiro atoms. The van der Waals surface area contributed by atoms with E-state index >= 15 is 4.11 Å². The topological polar surface area (TPSA) is 142 Å². The molecular formula is C32H53FO12Si. The second-order valence-corrected chi connectivity index (χ2v) is 18.1. The van der Waals surface area contributed by atoms with Crippen molar-refractivity contribution in [3.05, 3.63) is 0 Å². The van der Waals surface area contributed by atoms with Crippen LogP contribution in [-0.4, -0.2) is 101 Å². The lowest BCUT2D eigenvalue weighted by Crippen LogP contribution is -2.63. The first-order valence-corrected chi connectivity index (χ1v) is 18.3. The van der Waals surface area contributed by atoms with Gasteiger partial charge in [0.05, 0.1) is 30.3 Å². The van der Waals surface area contributed by atoms with E-state index in [1.54, 1.807) is 48.5 Å². The standard InChI is InChI=1S/C32H53FO12Si/c1-17(2)46(33,18(3)4)45-27-25(15-23(40-20(6)35)16-39-19(5)34)44-30-28(41-21(7)36)26-24(43-29(27)30)12-11-22(42-26)13-14-38-31(37)32(8,9)10/h17-18,22-30H,11-16H2,1-10H3/t22-,23-,24+,25-,26+,27+,28-,29+,30+/m1/s1. The van der Waals surface area contributed by atoms with Gasteiger partial charge in [-0.2, -0.15) is 0 Å². The van der Waals surface area contributed by atoms with Gasteiger partial charge in [-0.15, -0.1) is 0 Å². The van der Waals surface area contributed by atoms with E-state index in [9.17, 15) is 19.2 Å². The Morgan fingerprint density at radius 1 is 0.826 bits per heavy atom. The zero-order chi connectivity index (χ0) is 34.6. The van der Waals surface area contributed by atoms with Crippen LogP contribution in [0.15, 0.2) is 0 Å². The van der Waals surface area contributed by atoms with Crippen molar-refractivity contribution in [3.8, 4) is 0 Å². The quantitative estimate of drug-likeness (QED) is 0.117. The summed E-state index contributed by atoms with van der Waals surface area (Å²) < 4.78 is 64.5. The zero-order valence-electron chi connectivity index (χ0n) is 28.9. The number of esters is 4. The van der Waals surface area contributed by atoms with E-state index in [1.165, 1.54) is 20.8 Å². The van der Waals surface area contributed by atoms with Crippen molar-refractivity contribution < 1.29 is 60.9 Å². The smallest absolute Gasteiger partial charge is 0.389 e. The number of carbonyl (C=O) groups is 4. The van der Waals surface area contributed by atoms with Crippen LogP contribution in [0.4, 0.5) is 4.11 Å². The minimum atomic E-state index is -3.89. The predicted molar refractivity (Wildman–Crippen MR) is 165 cm³/mol. The molecule has 0 bridgehead atoms. The van der Waals surface area contributed by atoms with Crippen molar-refractivity contribution >= 4 is 32.5 Å². The van der Waals surface area contributed by atoms with Gasteiger partial charge in [-0.3, -0.25) is 23.3 Å². The van der Waals surface area contributed by atoms with Gasteiger partial charge in [-0.1, -0.05) is 27.7 Å². The number of rotatable bonds is 13. The van der Waals surface area contributed by atoms with Gasteiger partial charge in [0.2, 0.25) is 0 Å². The van der Waals surface area contributed by atoms with E-state index in [0.29, 0.717) is 19.3 Å². The normalized spacial score (nSPS) is 30.3. The van der Waals surface area contributed by atoms with Crippen LogP contribution < -0.4 is 0 Å². The third-order valence-electron chi connectivity index (χ3n) is 8.59. The molecule has 0 saturated carbocycles. The van der Waals surface area contributed by atoms with Crippen LogP contribution in [0.3, 0.4) is 0 Å². The van der Waals surface area contributed by atoms with Crippen molar-refractivity contribution in [2.45, 2.75) is 161 Å². The van der Waals surface area contributed by atoms with Crippen LogP contribution in [0.1, 0.15) is 94.9 Å². The van der Waals surface area contributed by atoms with Gasteiger partial charge >= 0.3 is 32.5 Å². The number of ether oxygens (including phenoxy) is 7. The molecule has 3 fully saturated rings. The summed E-state index contributed by atoms with van der Waals surface area (Å²) >= 11 is 0. The van der Waals surface area contributed by atoms with Gasteiger partial charge in [-0.25, -0.2) is 0 Å². The molecule has 0 aliphatic carbocycles. The molecule has 0 amide bonds. The first-order chi connectivity index (χ1) is 21.3. The maximum absolute atomic E-state index is 16.7. The van der Waals surface area contributed by atoms with Gasteiger partial charge in [0.25, 0.3) is 0 Å². The summed E-state index contributed by atoms with van der Waals surface area (Å²) in [6.07, 6.45) is -5.21. The van der Waals surface area contributed by atoms with Crippen LogP contribution in [0.25, 0.3) is 0 Å². The predicted octanol–water partition coefficient (Wildman–Crippen LogP) is 4.48. The van der Waals surface area contributed by atoms with Gasteiger partial charge < -0.3 is 37.6 Å². The minimum absolute atomic E-state index is 0.0132. The molecule has 3 aliphatic heterocycles. The molecule has 264 valence electrons. The molecule has 0 radical (unpaired) electrons. The van der Waals surface area contributed by atoms with Gasteiger partial charge in [0.1, 0.15) is 37.1 Å². The molecule has 0 aromatic heterocycles. The second-order valence-electron chi connectivity index (χ2n) is 14.2. The first-order valence-electron chi connectivity index (χ1n) is 16.3. The highest BCUT2D eigenvalue weighted by molar-refractivity contribution is 6.69. The average Bonchev–Trinajstić information content (AvgIpc) is 3.26. The second kappa shape index (κ2) is 15.8. The lowest BCUT2D eigenvalue weighted by molar-refractivity contribution is -0.265. The van der Waals surface area contributed by atoms with E-state index in [4.69, 9.17) is 37.6 Å². The SMILES string of the molecule is CC(=O)OC[C@@H](C[C@H]1O[C@@H]2[C@@H](O[C@H]3CC[C@H](CCOC(=O)C(C)(C)C)O[C@@H]3[C@H]2OC(C)=O)[C@H]1O[Si](F)(C(C)C)C(C)C)OC(C)=O. The van der Waals surface area contributed by atoms with Crippen LogP contribution in [-0.2, 0) is 56.8 Å². The zero-order valence-corrected chi connectivity index (χ0v) is 29.9. The number of hydrogen-bond donors (Lipinski definition) is 0. The first kappa shape index (κ1) is 38.3. The third kappa shape index (κ3) is 9.71. The minimum Gasteiger partial charge on any atom is -0.465 e. The third-order valence-corrected chi connectivity index (χ3v) is 12.4. The fourth-order valence-corrected chi connectivity index (χ4v) is 8.84. The molecule has 0 N–H and O–H groups in total. The lowest BCUT2D eigenvalue weighted by atomic mass is 9.87. The Hall–Kier alpha value is -2.13. The van der Waals surface area contributed by atoms with Gasteiger partial charge in [0, 0.05) is 44.7 Å². The van der Waals surface area contributed by atoms with Gasteiger partial charge in [-0.05, 0) is 33.6 Å². The molecule has 46 heavy (non-hydrogen) atoms. The van der Waals surface area contributed by atoms with E-state index in [2.05, 4.69) is 0 Å². The van der Waals surface area contributed by atoms with E-state index in [0.717, 1.165) is 0 Å². The fourth-order valence-electron chi connectivity index (χ4n) is 6.26. The maximum atomic E-state index is 16.7. The van der Waals surface area contributed by atoms with Crippen molar-refractivity contribution in [3.63, 3.8) is 0 Å². The fraction of sp³-hybridized carbons (Fsp3) is 0.875. The number of carbonyl (C=O) groups excluding carboxylic acids is 4. The van der Waals surface area contributed by atoms with Crippen molar-refractivity contribution in [1.82, 2.24) is 0 Å². The highest BCUT2D eigenvalue weighted by Crippen LogP contribution is 2.45. The molecule has 14 heteroatoms. The Kier molecular flexibility index (Phi) is 13.2. The summed E-state index contributed by atoms with van der Waals surface area (Å²) in [6.45, 7) is 16.2. The Bertz CT molecular complexity index is 1070. The largest absolute Gasteiger partial charge is 0.465 e. The van der Waals surface area contributed by atoms with Gasteiger partial charge in [0.15, 0.2) is 6.10 Å². The number of halogens is 1. The summed E-state index contributed by atoms with van der Waals surface area (Å²) in [5, 5.41) is 0. The monoisotopic (exact) mass is 676 g/mol. The van der Waals surface area contributed by atoms with E-state index < -0.39 is 91.9 Å². The maximum Gasteiger partial charge on any atom is 0.389 e. The number of fused-ring (bicyclic) bond motifs is 2. The Morgan fingerprint density at radius 3 is 2.00 bits per heavy atom. The Morgan fingerprint density at radius 2 is 1.46 bits per heavy atom. The van der Waals surface area contributed by atoms with Crippen LogP contribution >= 0.6 is 0 Å². The number of hydrogen-bond acceptors (Lipinski definition) is 12. The molecule has 0 aromatic rings. The highest BCUT2D eigenvalue weighted by atomic mass is 28.4. The van der Waals surface area contributed by atoms with E-state index in [1.807, 2.05) is 0 Å². The molecule has 3 saturated heterocycles.